The highest BCUT2D eigenvalue weighted by molar-refractivity contribution is 7.53. The number of benzene rings is 1. The first-order valence-electron chi connectivity index (χ1n) is 7.27. The van der Waals surface area contributed by atoms with Crippen LogP contribution in [0.2, 0.25) is 0 Å². The summed E-state index contributed by atoms with van der Waals surface area (Å²) in [5.74, 6) is -2.44. The summed E-state index contributed by atoms with van der Waals surface area (Å²) in [5, 5.41) is 2.32. The van der Waals surface area contributed by atoms with Crippen molar-refractivity contribution >= 4 is 19.7 Å². The van der Waals surface area contributed by atoms with Gasteiger partial charge >= 0.3 is 19.7 Å². The van der Waals surface area contributed by atoms with E-state index in [4.69, 9.17) is 9.26 Å². The van der Waals surface area contributed by atoms with E-state index in [1.165, 1.54) is 0 Å². The second kappa shape index (κ2) is 9.42. The molecule has 0 aliphatic heterocycles. The fourth-order valence-electron chi connectivity index (χ4n) is 1.79. The molecule has 0 spiro atoms. The van der Waals surface area contributed by atoms with Gasteiger partial charge in [-0.25, -0.2) is 9.59 Å². The lowest BCUT2D eigenvalue weighted by molar-refractivity contribution is -0.143. The van der Waals surface area contributed by atoms with Crippen LogP contribution in [-0.4, -0.2) is 36.5 Å². The Morgan fingerprint density at radius 3 is 2.42 bits per heavy atom. The molecule has 2 atom stereocenters. The van der Waals surface area contributed by atoms with E-state index in [9.17, 15) is 19.0 Å². The first kappa shape index (κ1) is 20.2. The van der Waals surface area contributed by atoms with Crippen molar-refractivity contribution in [2.75, 3.05) is 13.7 Å². The molecular weight excluding hydrogens is 337 g/mol. The summed E-state index contributed by atoms with van der Waals surface area (Å²) in [5.41, 5.74) is 0.780. The van der Waals surface area contributed by atoms with Gasteiger partial charge in [-0.15, -0.1) is 0 Å². The van der Waals surface area contributed by atoms with Gasteiger partial charge in [-0.05, 0) is 11.5 Å². The average Bonchev–Trinajstić information content (AvgIpc) is 2.56. The van der Waals surface area contributed by atoms with Gasteiger partial charge in [0.1, 0.15) is 12.4 Å². The van der Waals surface area contributed by atoms with E-state index in [2.05, 4.69) is 10.1 Å². The van der Waals surface area contributed by atoms with Crippen molar-refractivity contribution in [1.82, 2.24) is 5.32 Å². The summed E-state index contributed by atoms with van der Waals surface area (Å²) in [6, 6.07) is 9.00. The van der Waals surface area contributed by atoms with Gasteiger partial charge < -0.3 is 19.7 Å². The fraction of sp³-hybridized carbons (Fsp3) is 0.467. The van der Waals surface area contributed by atoms with Crippen molar-refractivity contribution in [2.24, 2.45) is 5.92 Å². The molecule has 0 saturated heterocycles. The molecule has 1 amide bonds. The minimum atomic E-state index is -4.29. The Hall–Kier alpha value is -1.89. The Balaban J connectivity index is 2.62. The van der Waals surface area contributed by atoms with Crippen LogP contribution in [0.3, 0.4) is 0 Å². The molecule has 0 fully saturated rings. The summed E-state index contributed by atoms with van der Waals surface area (Å²) in [7, 11) is -3.16. The van der Waals surface area contributed by atoms with Crippen LogP contribution in [-0.2, 0) is 30.0 Å². The number of esters is 1. The smallest absolute Gasteiger partial charge is 0.408 e. The maximum absolute atomic E-state index is 12.2. The van der Waals surface area contributed by atoms with Crippen LogP contribution in [0.1, 0.15) is 19.4 Å². The van der Waals surface area contributed by atoms with Crippen molar-refractivity contribution in [3.8, 4) is 0 Å². The molecule has 8 nitrogen and oxygen atoms in total. The molecule has 1 aromatic carbocycles. The lowest BCUT2D eigenvalue weighted by Crippen LogP contribution is -2.39. The van der Waals surface area contributed by atoms with Gasteiger partial charge in [0.25, 0.3) is 0 Å². The molecule has 24 heavy (non-hydrogen) atoms. The van der Waals surface area contributed by atoms with Gasteiger partial charge in [0.05, 0.1) is 7.11 Å². The Morgan fingerprint density at radius 2 is 1.88 bits per heavy atom. The van der Waals surface area contributed by atoms with Crippen LogP contribution in [0.25, 0.3) is 0 Å². The van der Waals surface area contributed by atoms with E-state index in [0.717, 1.165) is 12.7 Å². The Morgan fingerprint density at radius 1 is 1.25 bits per heavy atom. The molecule has 0 aliphatic carbocycles. The highest BCUT2D eigenvalue weighted by Crippen LogP contribution is 2.49. The highest BCUT2D eigenvalue weighted by atomic mass is 31.2. The second-order valence-electron chi connectivity index (χ2n) is 5.31. The van der Waals surface area contributed by atoms with Crippen molar-refractivity contribution in [1.29, 1.82) is 0 Å². The number of amides is 1. The van der Waals surface area contributed by atoms with Gasteiger partial charge in [-0.3, -0.25) is 9.09 Å². The van der Waals surface area contributed by atoms with E-state index >= 15 is 0 Å². The second-order valence-corrected chi connectivity index (χ2v) is 7.25. The van der Waals surface area contributed by atoms with E-state index < -0.39 is 38.0 Å². The molecule has 1 rings (SSSR count). The molecule has 0 bridgehead atoms. The Bertz CT molecular complexity index is 591. The van der Waals surface area contributed by atoms with E-state index in [1.54, 1.807) is 38.1 Å². The standard InChI is InChI=1S/C15H22NO7P/c1-11(2)14(24(19,20)23-10-13(17)21-3)16-15(18)22-9-12-7-5-4-6-8-12/h4-8,11,14H,9-10H2,1-3H3,(H,16,18)(H,19,20). The molecule has 0 aromatic heterocycles. The third kappa shape index (κ3) is 6.70. The van der Waals surface area contributed by atoms with Gasteiger partial charge in [0, 0.05) is 0 Å². The van der Waals surface area contributed by atoms with Crippen molar-refractivity contribution in [3.63, 3.8) is 0 Å². The lowest BCUT2D eigenvalue weighted by Gasteiger charge is -2.26. The minimum Gasteiger partial charge on any atom is -0.467 e. The van der Waals surface area contributed by atoms with Crippen LogP contribution < -0.4 is 5.32 Å². The van der Waals surface area contributed by atoms with Crippen molar-refractivity contribution in [3.05, 3.63) is 35.9 Å². The summed E-state index contributed by atoms with van der Waals surface area (Å²) < 4.78 is 26.3. The third-order valence-electron chi connectivity index (χ3n) is 3.06. The Labute approximate surface area is 140 Å². The lowest BCUT2D eigenvalue weighted by atomic mass is 10.2. The molecule has 0 aliphatic rings. The fourth-order valence-corrected chi connectivity index (χ4v) is 3.27. The normalized spacial score (nSPS) is 14.5. The first-order valence-corrected chi connectivity index (χ1v) is 8.92. The van der Waals surface area contributed by atoms with Gasteiger partial charge in [-0.2, -0.15) is 0 Å². The number of nitrogens with one attached hydrogen (secondary N) is 1. The van der Waals surface area contributed by atoms with Crippen LogP contribution in [0.15, 0.2) is 30.3 Å². The Kier molecular flexibility index (Phi) is 7.91. The molecule has 0 saturated carbocycles. The molecule has 9 heteroatoms. The van der Waals surface area contributed by atoms with Gasteiger partial charge in [0.2, 0.25) is 0 Å². The van der Waals surface area contributed by atoms with E-state index in [-0.39, 0.29) is 6.61 Å². The first-order chi connectivity index (χ1) is 11.3. The van der Waals surface area contributed by atoms with Gasteiger partial charge in [-0.1, -0.05) is 44.2 Å². The predicted octanol–water partition coefficient (Wildman–Crippen LogP) is 2.27. The largest absolute Gasteiger partial charge is 0.467 e. The molecule has 2 unspecified atom stereocenters. The SMILES string of the molecule is COC(=O)COP(=O)(O)C(NC(=O)OCc1ccccc1)C(C)C. The van der Waals surface area contributed by atoms with Gasteiger partial charge in [0.15, 0.2) is 6.61 Å². The number of rotatable bonds is 8. The molecule has 1 aromatic rings. The van der Waals surface area contributed by atoms with Crippen LogP contribution >= 0.6 is 7.60 Å². The molecule has 134 valence electrons. The van der Waals surface area contributed by atoms with Crippen molar-refractivity contribution < 1.29 is 33.0 Å². The quantitative estimate of drug-likeness (QED) is 0.541. The zero-order valence-electron chi connectivity index (χ0n) is 13.8. The van der Waals surface area contributed by atoms with Crippen LogP contribution in [0.5, 0.6) is 0 Å². The topological polar surface area (TPSA) is 111 Å². The summed E-state index contributed by atoms with van der Waals surface area (Å²) in [4.78, 5) is 32.9. The molecule has 0 radical (unpaired) electrons. The summed E-state index contributed by atoms with van der Waals surface area (Å²) in [6.45, 7) is 2.60. The highest BCUT2D eigenvalue weighted by Gasteiger charge is 2.37. The van der Waals surface area contributed by atoms with Crippen molar-refractivity contribution in [2.45, 2.75) is 26.2 Å². The van der Waals surface area contributed by atoms with E-state index in [1.807, 2.05) is 6.07 Å². The number of carbonyl (C=O) groups excluding carboxylic acids is 2. The number of methoxy groups -OCH3 is 1. The number of ether oxygens (including phenoxy) is 2. The summed E-state index contributed by atoms with van der Waals surface area (Å²) >= 11 is 0. The summed E-state index contributed by atoms with van der Waals surface area (Å²) in [6.07, 6.45) is -0.853. The van der Waals surface area contributed by atoms with Crippen LogP contribution in [0, 0.1) is 5.92 Å². The molecular formula is C15H22NO7P. The minimum absolute atomic E-state index is 0.0240. The maximum atomic E-state index is 12.2. The third-order valence-corrected chi connectivity index (χ3v) is 4.98. The average molecular weight is 359 g/mol. The maximum Gasteiger partial charge on any atom is 0.408 e. The zero-order chi connectivity index (χ0) is 18.2. The van der Waals surface area contributed by atoms with E-state index in [0.29, 0.717) is 0 Å². The number of hydrogen-bond donors (Lipinski definition) is 2. The molecule has 2 N–H and O–H groups in total. The number of carbonyl (C=O) groups is 2. The monoisotopic (exact) mass is 359 g/mol. The number of hydrogen-bond acceptors (Lipinski definition) is 6. The van der Waals surface area contributed by atoms with Crippen LogP contribution in [0.4, 0.5) is 4.79 Å². The number of alkyl carbamates (subject to hydrolysis) is 1. The molecule has 0 heterocycles. The zero-order valence-corrected chi connectivity index (χ0v) is 14.7. The predicted molar refractivity (Wildman–Crippen MR) is 86.2 cm³/mol.